The number of quaternary nitrogens is 1. The fraction of sp³-hybridized carbons (Fsp3) is 0.500. The molecule has 0 saturated carbocycles. The molecular weight excluding hydrogens is 386 g/mol. The third kappa shape index (κ3) is 4.63. The fourth-order valence-corrected chi connectivity index (χ4v) is 5.82. The number of benzene rings is 2. The van der Waals surface area contributed by atoms with E-state index in [2.05, 4.69) is 0 Å². The molecule has 2 aromatic carbocycles. The Hall–Kier alpha value is -1.96. The lowest BCUT2D eigenvalue weighted by Gasteiger charge is -2.32. The van der Waals surface area contributed by atoms with Gasteiger partial charge in [0.05, 0.1) is 31.1 Å². The van der Waals surface area contributed by atoms with Crippen molar-refractivity contribution in [2.24, 2.45) is 0 Å². The fourth-order valence-electron chi connectivity index (χ4n) is 4.34. The molecule has 2 aliphatic rings. The van der Waals surface area contributed by atoms with Crippen molar-refractivity contribution in [2.45, 2.75) is 30.6 Å². The van der Waals surface area contributed by atoms with Crippen LogP contribution in [-0.4, -0.2) is 69.3 Å². The van der Waals surface area contributed by atoms with Gasteiger partial charge in [0.2, 0.25) is 10.0 Å². The first-order chi connectivity index (χ1) is 14.0. The van der Waals surface area contributed by atoms with E-state index in [1.807, 2.05) is 35.2 Å². The number of rotatable bonds is 4. The summed E-state index contributed by atoms with van der Waals surface area (Å²) >= 11 is 0. The summed E-state index contributed by atoms with van der Waals surface area (Å²) in [6, 6.07) is 13.1. The first kappa shape index (κ1) is 20.3. The van der Waals surface area contributed by atoms with Crippen LogP contribution in [0.4, 0.5) is 0 Å². The second-order valence-corrected chi connectivity index (χ2v) is 10.1. The maximum absolute atomic E-state index is 13.1. The van der Waals surface area contributed by atoms with Gasteiger partial charge in [-0.1, -0.05) is 43.2 Å². The average molecular weight is 417 g/mol. The third-order valence-electron chi connectivity index (χ3n) is 6.15. The predicted molar refractivity (Wildman–Crippen MR) is 113 cm³/mol. The molecule has 0 aromatic heterocycles. The van der Waals surface area contributed by atoms with Crippen molar-refractivity contribution >= 4 is 26.7 Å². The molecule has 0 radical (unpaired) electrons. The summed E-state index contributed by atoms with van der Waals surface area (Å²) < 4.78 is 27.7. The first-order valence-corrected chi connectivity index (χ1v) is 12.1. The number of nitrogens with one attached hydrogen (secondary N) is 1. The van der Waals surface area contributed by atoms with Crippen LogP contribution in [0.1, 0.15) is 25.7 Å². The van der Waals surface area contributed by atoms with Crippen molar-refractivity contribution in [3.63, 3.8) is 0 Å². The molecule has 1 N–H and O–H groups in total. The summed E-state index contributed by atoms with van der Waals surface area (Å²) in [6.07, 6.45) is 4.61. The van der Waals surface area contributed by atoms with Gasteiger partial charge in [-0.3, -0.25) is 4.79 Å². The average Bonchev–Trinajstić information content (AvgIpc) is 3.03. The second-order valence-electron chi connectivity index (χ2n) is 8.13. The van der Waals surface area contributed by atoms with Gasteiger partial charge in [-0.15, -0.1) is 0 Å². The van der Waals surface area contributed by atoms with Gasteiger partial charge in [0.15, 0.2) is 6.54 Å². The van der Waals surface area contributed by atoms with Crippen LogP contribution in [0.3, 0.4) is 0 Å². The summed E-state index contributed by atoms with van der Waals surface area (Å²) in [7, 11) is -3.51. The van der Waals surface area contributed by atoms with Gasteiger partial charge >= 0.3 is 0 Å². The Labute approximate surface area is 173 Å². The van der Waals surface area contributed by atoms with Crippen LogP contribution in [0.15, 0.2) is 47.4 Å². The molecule has 0 unspecified atom stereocenters. The molecule has 0 spiro atoms. The van der Waals surface area contributed by atoms with Gasteiger partial charge in [0.1, 0.15) is 0 Å². The Morgan fingerprint density at radius 3 is 2.21 bits per heavy atom. The minimum absolute atomic E-state index is 0.215. The Morgan fingerprint density at radius 1 is 0.862 bits per heavy atom. The topological polar surface area (TPSA) is 62.1 Å². The van der Waals surface area contributed by atoms with Crippen molar-refractivity contribution in [3.8, 4) is 0 Å². The normalized spacial score (nSPS) is 19.9. The Balaban J connectivity index is 1.37. The molecule has 1 amide bonds. The van der Waals surface area contributed by atoms with E-state index in [0.717, 1.165) is 36.7 Å². The molecule has 156 valence electrons. The standard InChI is InChI=1S/C22H29N3O3S/c26-22(24-11-5-1-2-6-12-24)18-23-13-15-25(16-14-23)29(27,28)21-10-9-19-7-3-4-8-20(19)17-21/h3-4,7-10,17H,1-2,5-6,11-16,18H2/p+1. The van der Waals surface area contributed by atoms with E-state index in [4.69, 9.17) is 0 Å². The van der Waals surface area contributed by atoms with Gasteiger partial charge in [-0.25, -0.2) is 8.42 Å². The summed E-state index contributed by atoms with van der Waals surface area (Å²) in [5.41, 5.74) is 0. The molecule has 6 nitrogen and oxygen atoms in total. The number of carbonyl (C=O) groups is 1. The number of hydrogen-bond donors (Lipinski definition) is 1. The van der Waals surface area contributed by atoms with Crippen LogP contribution in [0, 0.1) is 0 Å². The number of fused-ring (bicyclic) bond motifs is 1. The second kappa shape index (κ2) is 8.81. The van der Waals surface area contributed by atoms with Crippen molar-refractivity contribution < 1.29 is 18.1 Å². The maximum Gasteiger partial charge on any atom is 0.277 e. The van der Waals surface area contributed by atoms with Gasteiger partial charge in [-0.2, -0.15) is 4.31 Å². The van der Waals surface area contributed by atoms with E-state index >= 15 is 0 Å². The minimum atomic E-state index is -3.51. The van der Waals surface area contributed by atoms with E-state index in [9.17, 15) is 13.2 Å². The van der Waals surface area contributed by atoms with Gasteiger partial charge in [-0.05, 0) is 35.7 Å². The number of likely N-dealkylation sites (tertiary alicyclic amines) is 1. The van der Waals surface area contributed by atoms with Crippen molar-refractivity contribution in [2.75, 3.05) is 45.8 Å². The lowest BCUT2D eigenvalue weighted by atomic mass is 10.1. The summed E-state index contributed by atoms with van der Waals surface area (Å²) in [5.74, 6) is 0.215. The zero-order valence-corrected chi connectivity index (χ0v) is 17.7. The van der Waals surface area contributed by atoms with Crippen LogP contribution in [-0.2, 0) is 14.8 Å². The number of carbonyl (C=O) groups excluding carboxylic acids is 1. The first-order valence-electron chi connectivity index (χ1n) is 10.6. The smallest absolute Gasteiger partial charge is 0.277 e. The quantitative estimate of drug-likeness (QED) is 0.813. The summed E-state index contributed by atoms with van der Waals surface area (Å²) in [4.78, 5) is 16.1. The van der Waals surface area contributed by atoms with Crippen LogP contribution in [0.2, 0.25) is 0 Å². The number of amides is 1. The van der Waals surface area contributed by atoms with Crippen molar-refractivity contribution in [1.29, 1.82) is 0 Å². The zero-order valence-electron chi connectivity index (χ0n) is 16.8. The molecule has 0 aliphatic carbocycles. The van der Waals surface area contributed by atoms with Crippen molar-refractivity contribution in [1.82, 2.24) is 9.21 Å². The van der Waals surface area contributed by atoms with Crippen LogP contribution < -0.4 is 4.90 Å². The monoisotopic (exact) mass is 416 g/mol. The third-order valence-corrected chi connectivity index (χ3v) is 8.04. The SMILES string of the molecule is O=C(C[NH+]1CCN(S(=O)(=O)c2ccc3ccccc3c2)CC1)N1CCCCCC1. The van der Waals surface area contributed by atoms with E-state index in [-0.39, 0.29) is 5.91 Å². The molecule has 0 bridgehead atoms. The van der Waals surface area contributed by atoms with E-state index in [1.165, 1.54) is 17.7 Å². The molecule has 2 heterocycles. The zero-order chi connectivity index (χ0) is 20.3. The molecular formula is C22H30N3O3S+. The maximum atomic E-state index is 13.1. The number of nitrogens with zero attached hydrogens (tertiary/aromatic N) is 2. The lowest BCUT2D eigenvalue weighted by Crippen LogP contribution is -3.15. The number of piperazine rings is 1. The highest BCUT2D eigenvalue weighted by molar-refractivity contribution is 7.89. The predicted octanol–water partition coefficient (Wildman–Crippen LogP) is 1.13. The number of hydrogen-bond acceptors (Lipinski definition) is 3. The Bertz CT molecular complexity index is 960. The number of sulfonamides is 1. The largest absolute Gasteiger partial charge is 0.338 e. The summed E-state index contributed by atoms with van der Waals surface area (Å²) in [6.45, 7) is 4.47. The highest BCUT2D eigenvalue weighted by atomic mass is 32.2. The highest BCUT2D eigenvalue weighted by Gasteiger charge is 2.32. The summed E-state index contributed by atoms with van der Waals surface area (Å²) in [5, 5.41) is 1.97. The molecule has 0 atom stereocenters. The van der Waals surface area contributed by atoms with Gasteiger partial charge in [0, 0.05) is 13.1 Å². The molecule has 4 rings (SSSR count). The Kier molecular flexibility index (Phi) is 6.18. The molecule has 2 aliphatic heterocycles. The molecule has 2 aromatic rings. The van der Waals surface area contributed by atoms with Crippen molar-refractivity contribution in [3.05, 3.63) is 42.5 Å². The van der Waals surface area contributed by atoms with Gasteiger partial charge < -0.3 is 9.80 Å². The minimum Gasteiger partial charge on any atom is -0.338 e. The molecule has 2 saturated heterocycles. The van der Waals surface area contributed by atoms with Crippen LogP contribution in [0.5, 0.6) is 0 Å². The Morgan fingerprint density at radius 2 is 1.52 bits per heavy atom. The van der Waals surface area contributed by atoms with E-state index in [1.54, 1.807) is 16.4 Å². The van der Waals surface area contributed by atoms with Crippen LogP contribution in [0.25, 0.3) is 10.8 Å². The van der Waals surface area contributed by atoms with E-state index in [0.29, 0.717) is 37.6 Å². The molecule has 7 heteroatoms. The molecule has 29 heavy (non-hydrogen) atoms. The lowest BCUT2D eigenvalue weighted by molar-refractivity contribution is -0.896. The highest BCUT2D eigenvalue weighted by Crippen LogP contribution is 2.22. The molecule has 2 fully saturated rings. The van der Waals surface area contributed by atoms with Gasteiger partial charge in [0.25, 0.3) is 5.91 Å². The van der Waals surface area contributed by atoms with Crippen LogP contribution >= 0.6 is 0 Å². The van der Waals surface area contributed by atoms with E-state index < -0.39 is 10.0 Å².